The first-order valence-corrected chi connectivity index (χ1v) is 17.1. The summed E-state index contributed by atoms with van der Waals surface area (Å²) in [4.78, 5) is 5.29. The molecular formula is C48H41N. The minimum atomic E-state index is 0.278. The molecule has 1 nitrogen and oxygen atoms in total. The van der Waals surface area contributed by atoms with Crippen molar-refractivity contribution in [2.24, 2.45) is 0 Å². The number of fused-ring (bicyclic) bond motifs is 1. The van der Waals surface area contributed by atoms with E-state index >= 15 is 0 Å². The Labute approximate surface area is 290 Å². The molecular weight excluding hydrogens is 591 g/mol. The maximum absolute atomic E-state index is 5.29. The van der Waals surface area contributed by atoms with Gasteiger partial charge in [-0.2, -0.15) is 0 Å². The summed E-state index contributed by atoms with van der Waals surface area (Å²) in [6, 6.07) is 45.2. The van der Waals surface area contributed by atoms with Gasteiger partial charge in [0.15, 0.2) is 0 Å². The van der Waals surface area contributed by atoms with Gasteiger partial charge < -0.3 is 0 Å². The van der Waals surface area contributed by atoms with Crippen molar-refractivity contribution in [3.63, 3.8) is 0 Å². The second-order valence-electron chi connectivity index (χ2n) is 12.8. The van der Waals surface area contributed by atoms with Gasteiger partial charge in [0, 0.05) is 11.5 Å². The van der Waals surface area contributed by atoms with E-state index in [9.17, 15) is 0 Å². The van der Waals surface area contributed by atoms with Crippen molar-refractivity contribution in [3.8, 4) is 11.3 Å². The first kappa shape index (κ1) is 31.8. The van der Waals surface area contributed by atoms with E-state index in [4.69, 9.17) is 4.98 Å². The summed E-state index contributed by atoms with van der Waals surface area (Å²) in [5.41, 5.74) is 13.2. The molecule has 0 spiro atoms. The third-order valence-electron chi connectivity index (χ3n) is 9.64. The zero-order chi connectivity index (χ0) is 33.7. The molecule has 0 bridgehead atoms. The van der Waals surface area contributed by atoms with Crippen LogP contribution in [-0.2, 0) is 0 Å². The third-order valence-corrected chi connectivity index (χ3v) is 9.64. The largest absolute Gasteiger partial charge is 0.248 e. The van der Waals surface area contributed by atoms with Crippen LogP contribution in [0.5, 0.6) is 0 Å². The molecule has 1 aliphatic carbocycles. The lowest BCUT2D eigenvalue weighted by atomic mass is 9.78. The van der Waals surface area contributed by atoms with Gasteiger partial charge in [0.1, 0.15) is 0 Å². The zero-order valence-corrected chi connectivity index (χ0v) is 28.5. The van der Waals surface area contributed by atoms with E-state index in [0.29, 0.717) is 0 Å². The summed E-state index contributed by atoms with van der Waals surface area (Å²) in [6.45, 7) is 10.7. The SMILES string of the molecule is C=c1cccc/c1=C/C=C(\C)c1cccc(-c2c(/C=C\C)c(C)c(C3=CC(c4ccccc4)CC(c4ccccc4)=C3)c3ccccc23)n1. The number of aromatic nitrogens is 1. The maximum atomic E-state index is 5.29. The predicted octanol–water partition coefficient (Wildman–Crippen LogP) is 11.2. The summed E-state index contributed by atoms with van der Waals surface area (Å²) in [7, 11) is 0. The molecule has 0 amide bonds. The fourth-order valence-electron chi connectivity index (χ4n) is 7.13. The van der Waals surface area contributed by atoms with Gasteiger partial charge in [0.05, 0.1) is 11.4 Å². The number of rotatable bonds is 7. The van der Waals surface area contributed by atoms with E-state index in [2.05, 4.69) is 173 Å². The van der Waals surface area contributed by atoms with E-state index < -0.39 is 0 Å². The van der Waals surface area contributed by atoms with E-state index in [-0.39, 0.29) is 5.92 Å². The molecule has 0 aliphatic heterocycles. The summed E-state index contributed by atoms with van der Waals surface area (Å²) in [6.07, 6.45) is 14.6. The van der Waals surface area contributed by atoms with Gasteiger partial charge in [-0.25, -0.2) is 4.98 Å². The molecule has 1 aliphatic rings. The monoisotopic (exact) mass is 631 g/mol. The molecule has 238 valence electrons. The van der Waals surface area contributed by atoms with Crippen molar-refractivity contribution in [2.75, 3.05) is 0 Å². The Hall–Kier alpha value is -5.79. The molecule has 1 heterocycles. The Balaban J connectivity index is 1.42. The van der Waals surface area contributed by atoms with E-state index in [1.165, 1.54) is 55.3 Å². The van der Waals surface area contributed by atoms with Crippen LogP contribution >= 0.6 is 0 Å². The van der Waals surface area contributed by atoms with Gasteiger partial charge in [0.2, 0.25) is 0 Å². The fraction of sp³-hybridized carbons (Fsp3) is 0.104. The van der Waals surface area contributed by atoms with Crippen LogP contribution < -0.4 is 10.4 Å². The van der Waals surface area contributed by atoms with Crippen molar-refractivity contribution < 1.29 is 0 Å². The zero-order valence-electron chi connectivity index (χ0n) is 28.5. The quantitative estimate of drug-likeness (QED) is 0.171. The molecule has 7 rings (SSSR count). The van der Waals surface area contributed by atoms with Gasteiger partial charge in [-0.3, -0.25) is 0 Å². The van der Waals surface area contributed by atoms with Crippen molar-refractivity contribution in [1.29, 1.82) is 0 Å². The number of hydrogen-bond acceptors (Lipinski definition) is 1. The number of hydrogen-bond donors (Lipinski definition) is 0. The number of nitrogens with zero attached hydrogens (tertiary/aromatic N) is 1. The van der Waals surface area contributed by atoms with Crippen LogP contribution in [-0.4, -0.2) is 4.98 Å². The van der Waals surface area contributed by atoms with E-state index in [1.54, 1.807) is 0 Å². The van der Waals surface area contributed by atoms with Gasteiger partial charge in [-0.15, -0.1) is 0 Å². The average molecular weight is 632 g/mol. The highest BCUT2D eigenvalue weighted by atomic mass is 14.7. The summed E-state index contributed by atoms with van der Waals surface area (Å²) >= 11 is 0. The van der Waals surface area contributed by atoms with Crippen LogP contribution in [0.25, 0.3) is 57.5 Å². The standard InChI is InChI=1S/C48H41N/c1-5-17-42-35(4)47(41-31-39(37-20-8-6-9-21-37)30-40(32-41)38-22-10-7-11-23-38)43-24-14-15-25-44(43)48(42)46-27-16-26-45(49-46)34(3)28-29-36-19-13-12-18-33(36)2/h5-29,31-32,39H,2,30H2,1,3-4H3/b17-5-,34-28+,36-29-. The second-order valence-corrected chi connectivity index (χ2v) is 12.8. The van der Waals surface area contributed by atoms with Crippen LogP contribution in [0.4, 0.5) is 0 Å². The molecule has 6 aromatic rings. The minimum Gasteiger partial charge on any atom is -0.248 e. The van der Waals surface area contributed by atoms with Gasteiger partial charge in [-0.1, -0.05) is 158 Å². The normalized spacial score (nSPS) is 15.4. The molecule has 1 unspecified atom stereocenters. The van der Waals surface area contributed by atoms with Crippen LogP contribution in [0.15, 0.2) is 152 Å². The lowest BCUT2D eigenvalue weighted by molar-refractivity contribution is 0.871. The van der Waals surface area contributed by atoms with Crippen LogP contribution in [0.1, 0.15) is 59.7 Å². The van der Waals surface area contributed by atoms with Crippen molar-refractivity contribution in [1.82, 2.24) is 4.98 Å². The molecule has 5 aromatic carbocycles. The summed E-state index contributed by atoms with van der Waals surface area (Å²) < 4.78 is 0. The lowest BCUT2D eigenvalue weighted by Crippen LogP contribution is -2.21. The van der Waals surface area contributed by atoms with Crippen LogP contribution in [0.3, 0.4) is 0 Å². The maximum Gasteiger partial charge on any atom is 0.0721 e. The first-order valence-electron chi connectivity index (χ1n) is 17.1. The molecule has 1 heteroatoms. The Morgan fingerprint density at radius 1 is 0.755 bits per heavy atom. The smallest absolute Gasteiger partial charge is 0.0721 e. The van der Waals surface area contributed by atoms with Gasteiger partial charge >= 0.3 is 0 Å². The molecule has 0 radical (unpaired) electrons. The molecule has 1 atom stereocenters. The summed E-state index contributed by atoms with van der Waals surface area (Å²) in [5.74, 6) is 0.278. The summed E-state index contributed by atoms with van der Waals surface area (Å²) in [5, 5.41) is 4.57. The third kappa shape index (κ3) is 6.53. The Morgan fingerprint density at radius 2 is 1.43 bits per heavy atom. The van der Waals surface area contributed by atoms with Crippen molar-refractivity contribution in [3.05, 3.63) is 196 Å². The topological polar surface area (TPSA) is 12.9 Å². The highest BCUT2D eigenvalue weighted by Crippen LogP contribution is 2.45. The van der Waals surface area contributed by atoms with E-state index in [0.717, 1.165) is 33.8 Å². The minimum absolute atomic E-state index is 0.278. The fourth-order valence-corrected chi connectivity index (χ4v) is 7.13. The average Bonchev–Trinajstić information content (AvgIpc) is 3.15. The highest BCUT2D eigenvalue weighted by molar-refractivity contribution is 6.09. The molecule has 49 heavy (non-hydrogen) atoms. The second kappa shape index (κ2) is 14.1. The number of benzene rings is 5. The van der Waals surface area contributed by atoms with Gasteiger partial charge in [-0.05, 0) is 105 Å². The lowest BCUT2D eigenvalue weighted by Gasteiger charge is -2.26. The Bertz CT molecular complexity index is 2390. The molecule has 0 N–H and O–H groups in total. The highest BCUT2D eigenvalue weighted by Gasteiger charge is 2.24. The van der Waals surface area contributed by atoms with Crippen molar-refractivity contribution >= 4 is 46.2 Å². The Morgan fingerprint density at radius 3 is 2.16 bits per heavy atom. The molecule has 0 saturated carbocycles. The van der Waals surface area contributed by atoms with E-state index in [1.807, 2.05) is 18.2 Å². The van der Waals surface area contributed by atoms with Crippen LogP contribution in [0, 0.1) is 6.92 Å². The molecule has 0 saturated heterocycles. The molecule has 0 fully saturated rings. The first-order chi connectivity index (χ1) is 24.0. The number of allylic oxidation sites excluding steroid dienone is 7. The predicted molar refractivity (Wildman–Crippen MR) is 212 cm³/mol. The van der Waals surface area contributed by atoms with Crippen molar-refractivity contribution in [2.45, 2.75) is 33.1 Å². The number of pyridine rings is 1. The van der Waals surface area contributed by atoms with Crippen LogP contribution in [0.2, 0.25) is 0 Å². The van der Waals surface area contributed by atoms with Gasteiger partial charge in [0.25, 0.3) is 0 Å². The molecule has 1 aromatic heterocycles. The Kier molecular flexibility index (Phi) is 9.17.